The van der Waals surface area contributed by atoms with Gasteiger partial charge in [-0.2, -0.15) is 8.42 Å². The van der Waals surface area contributed by atoms with E-state index in [0.717, 1.165) is 19.4 Å². The van der Waals surface area contributed by atoms with Gasteiger partial charge in [0.05, 0.1) is 0 Å². The van der Waals surface area contributed by atoms with Crippen molar-refractivity contribution >= 4 is 10.4 Å². The number of nitrogens with zero attached hydrogens (tertiary/aromatic N) is 1. The van der Waals surface area contributed by atoms with E-state index in [2.05, 4.69) is 18.0 Å². The number of hydrogen-bond acceptors (Lipinski definition) is 6. The summed E-state index contributed by atoms with van der Waals surface area (Å²) >= 11 is 0. The number of aromatic hydroxyl groups is 1. The third kappa shape index (κ3) is 3.18. The highest BCUT2D eigenvalue weighted by Crippen LogP contribution is 2.62. The molecule has 1 saturated heterocycles. The molecule has 0 unspecified atom stereocenters. The molecule has 0 saturated carbocycles. The highest BCUT2D eigenvalue weighted by molar-refractivity contribution is 7.79. The minimum atomic E-state index is -4.67. The van der Waals surface area contributed by atoms with Crippen LogP contribution in [0.25, 0.3) is 0 Å². The Balaban J connectivity index is 0.000000362. The van der Waals surface area contributed by atoms with Gasteiger partial charge in [-0.1, -0.05) is 18.2 Å². The number of phenolic OH excluding ortho intramolecular Hbond substituents is 1. The molecule has 1 fully saturated rings. The van der Waals surface area contributed by atoms with Crippen LogP contribution in [0.2, 0.25) is 0 Å². The first-order valence-electron chi connectivity index (χ1n) is 8.41. The summed E-state index contributed by atoms with van der Waals surface area (Å²) in [6, 6.07) is 4.23. The molecule has 4 aliphatic rings. The molecule has 5 rings (SSSR count). The predicted octanol–water partition coefficient (Wildman–Crippen LogP) is -1.10. The van der Waals surface area contributed by atoms with Crippen molar-refractivity contribution in [1.29, 1.82) is 0 Å². The molecular weight excluding hydrogens is 394 g/mol. The molecule has 28 heavy (non-hydrogen) atoms. The van der Waals surface area contributed by atoms with Crippen molar-refractivity contribution in [3.05, 3.63) is 35.4 Å². The molecule has 1 aromatic carbocycles. The van der Waals surface area contributed by atoms with E-state index in [1.807, 2.05) is 12.1 Å². The van der Waals surface area contributed by atoms with Crippen LogP contribution in [0, 0.1) is 5.92 Å². The number of piperidine rings is 1. The Labute approximate surface area is 162 Å². The number of benzene rings is 1. The van der Waals surface area contributed by atoms with Gasteiger partial charge in [-0.15, -0.1) is 0 Å². The summed E-state index contributed by atoms with van der Waals surface area (Å²) in [5.74, 6) is 1.19. The molecule has 1 spiro atoms. The van der Waals surface area contributed by atoms with Crippen molar-refractivity contribution in [3.8, 4) is 11.5 Å². The SMILES string of the molecule is CN1CC[C@]23c4c5ccc(O)c4O[C@H]2[C@@H](O)C=C[C@H]3[C@H]1C5.O.O.O=S(=O)(O)O. The number of rotatable bonds is 0. The molecule has 2 heterocycles. The van der Waals surface area contributed by atoms with Gasteiger partial charge in [-0.05, 0) is 38.1 Å². The first-order chi connectivity index (χ1) is 12.1. The summed E-state index contributed by atoms with van der Waals surface area (Å²) in [4.78, 5) is 2.43. The lowest BCUT2D eigenvalue weighted by atomic mass is 9.53. The molecule has 158 valence electrons. The van der Waals surface area contributed by atoms with E-state index in [4.69, 9.17) is 22.3 Å². The van der Waals surface area contributed by atoms with E-state index in [1.54, 1.807) is 6.07 Å². The lowest BCUT2D eigenvalue weighted by molar-refractivity contribution is -0.0453. The first-order valence-corrected chi connectivity index (χ1v) is 9.81. The summed E-state index contributed by atoms with van der Waals surface area (Å²) in [5.41, 5.74) is 2.29. The van der Waals surface area contributed by atoms with Crippen LogP contribution in [0.3, 0.4) is 0 Å². The fourth-order valence-electron chi connectivity index (χ4n) is 5.24. The lowest BCUT2D eigenvalue weighted by Crippen LogP contribution is -2.64. The number of likely N-dealkylation sites (tertiary alicyclic amines) is 1. The molecular formula is C17H25NO9S. The Morgan fingerprint density at radius 1 is 1.21 bits per heavy atom. The maximum atomic E-state index is 10.4. The van der Waals surface area contributed by atoms with Gasteiger partial charge in [0.25, 0.3) is 0 Å². The average molecular weight is 419 g/mol. The largest absolute Gasteiger partial charge is 0.504 e. The topological polar surface area (TPSA) is 191 Å². The van der Waals surface area contributed by atoms with Gasteiger partial charge in [0.15, 0.2) is 11.5 Å². The number of ether oxygens (including phenoxy) is 1. The van der Waals surface area contributed by atoms with Gasteiger partial charge < -0.3 is 30.8 Å². The molecule has 10 nitrogen and oxygen atoms in total. The first kappa shape index (κ1) is 22.6. The van der Waals surface area contributed by atoms with Crippen molar-refractivity contribution in [2.75, 3.05) is 13.6 Å². The third-order valence-corrected chi connectivity index (χ3v) is 6.15. The van der Waals surface area contributed by atoms with Crippen molar-refractivity contribution in [3.63, 3.8) is 0 Å². The van der Waals surface area contributed by atoms with Crippen molar-refractivity contribution < 1.29 is 43.4 Å². The van der Waals surface area contributed by atoms with Crippen LogP contribution in [-0.2, 0) is 22.2 Å². The summed E-state index contributed by atoms with van der Waals surface area (Å²) in [7, 11) is -2.48. The monoisotopic (exact) mass is 419 g/mol. The minimum Gasteiger partial charge on any atom is -0.504 e. The summed E-state index contributed by atoms with van der Waals surface area (Å²) in [6.45, 7) is 1.01. The molecule has 11 heteroatoms. The standard InChI is InChI=1S/C17H19NO3.H2O4S.2H2O/c1-18-7-6-17-10-3-5-13(20)16(17)21-15-12(19)4-2-9(14(15)17)8-11(10)18;1-5(2,3)4;;/h2-5,10-11,13,16,19-20H,6-8H2,1H3;(H2,1,2,3,4);2*1H2/t10-,11+,13-,16-,17-;;;/m0.../s1. The van der Waals surface area contributed by atoms with Gasteiger partial charge in [0, 0.05) is 22.9 Å². The third-order valence-electron chi connectivity index (χ3n) is 6.15. The maximum absolute atomic E-state index is 10.4. The van der Waals surface area contributed by atoms with Gasteiger partial charge in [-0.3, -0.25) is 9.11 Å². The van der Waals surface area contributed by atoms with Gasteiger partial charge >= 0.3 is 10.4 Å². The summed E-state index contributed by atoms with van der Waals surface area (Å²) < 4.78 is 37.7. The molecule has 2 bridgehead atoms. The van der Waals surface area contributed by atoms with Crippen molar-refractivity contribution in [2.24, 2.45) is 5.92 Å². The second-order valence-electron chi connectivity index (χ2n) is 7.38. The van der Waals surface area contributed by atoms with Crippen molar-refractivity contribution in [2.45, 2.75) is 36.5 Å². The van der Waals surface area contributed by atoms with E-state index in [1.165, 1.54) is 11.1 Å². The molecule has 1 aromatic rings. The Morgan fingerprint density at radius 2 is 1.86 bits per heavy atom. The Hall–Kier alpha value is -1.73. The molecule has 0 amide bonds. The zero-order chi connectivity index (χ0) is 18.9. The lowest BCUT2D eigenvalue weighted by Gasteiger charge is -2.56. The average Bonchev–Trinajstić information content (AvgIpc) is 2.89. The number of aliphatic hydroxyl groups excluding tert-OH is 1. The molecule has 2 aliphatic heterocycles. The Kier molecular flexibility index (Phi) is 5.85. The minimum absolute atomic E-state index is 0. The van der Waals surface area contributed by atoms with Crippen LogP contribution in [0.1, 0.15) is 17.5 Å². The summed E-state index contributed by atoms with van der Waals surface area (Å²) in [5, 5.41) is 20.6. The highest BCUT2D eigenvalue weighted by atomic mass is 32.3. The fraction of sp³-hybridized carbons (Fsp3) is 0.529. The number of likely N-dealkylation sites (N-methyl/N-ethyl adjacent to an activating group) is 1. The Bertz CT molecular complexity index is 879. The van der Waals surface area contributed by atoms with E-state index in [0.29, 0.717) is 17.7 Å². The normalized spacial score (nSPS) is 34.0. The van der Waals surface area contributed by atoms with E-state index < -0.39 is 16.5 Å². The predicted molar refractivity (Wildman–Crippen MR) is 99.0 cm³/mol. The second-order valence-corrected chi connectivity index (χ2v) is 8.27. The van der Waals surface area contributed by atoms with E-state index in [9.17, 15) is 10.2 Å². The molecule has 0 aromatic heterocycles. The fourth-order valence-corrected chi connectivity index (χ4v) is 5.24. The molecule has 2 aliphatic carbocycles. The molecule has 5 atom stereocenters. The number of aliphatic hydroxyl groups is 1. The van der Waals surface area contributed by atoms with Crippen LogP contribution in [0.4, 0.5) is 0 Å². The highest BCUT2D eigenvalue weighted by Gasteiger charge is 2.64. The molecule has 8 N–H and O–H groups in total. The van der Waals surface area contributed by atoms with Crippen LogP contribution < -0.4 is 4.74 Å². The number of phenols is 1. The second kappa shape index (κ2) is 7.26. The van der Waals surface area contributed by atoms with Crippen LogP contribution in [-0.4, -0.2) is 75.4 Å². The zero-order valence-corrected chi connectivity index (χ0v) is 15.9. The van der Waals surface area contributed by atoms with Gasteiger partial charge in [0.2, 0.25) is 0 Å². The summed E-state index contributed by atoms with van der Waals surface area (Å²) in [6.07, 6.45) is 5.18. The quantitative estimate of drug-likeness (QED) is 0.301. The zero-order valence-electron chi connectivity index (χ0n) is 15.1. The van der Waals surface area contributed by atoms with Crippen LogP contribution in [0.15, 0.2) is 24.3 Å². The smallest absolute Gasteiger partial charge is 0.394 e. The maximum Gasteiger partial charge on any atom is 0.394 e. The molecule has 0 radical (unpaired) electrons. The van der Waals surface area contributed by atoms with E-state index in [-0.39, 0.29) is 28.2 Å². The Morgan fingerprint density at radius 3 is 2.50 bits per heavy atom. The number of hydrogen-bond donors (Lipinski definition) is 4. The van der Waals surface area contributed by atoms with Gasteiger partial charge in [0.1, 0.15) is 12.2 Å². The van der Waals surface area contributed by atoms with Gasteiger partial charge in [-0.25, -0.2) is 0 Å². The van der Waals surface area contributed by atoms with E-state index >= 15 is 0 Å². The van der Waals surface area contributed by atoms with Crippen LogP contribution >= 0.6 is 0 Å². The van der Waals surface area contributed by atoms with Crippen LogP contribution in [0.5, 0.6) is 11.5 Å². The van der Waals surface area contributed by atoms with Crippen molar-refractivity contribution in [1.82, 2.24) is 4.90 Å².